The first-order valence-corrected chi connectivity index (χ1v) is 22.6. The van der Waals surface area contributed by atoms with Crippen molar-refractivity contribution in [3.63, 3.8) is 0 Å². The van der Waals surface area contributed by atoms with Crippen LogP contribution < -0.4 is 0 Å². The van der Waals surface area contributed by atoms with E-state index in [0.29, 0.717) is 12.8 Å². The Morgan fingerprint density at radius 2 is 0.879 bits per heavy atom. The van der Waals surface area contributed by atoms with E-state index in [2.05, 4.69) is 13.8 Å². The highest BCUT2D eigenvalue weighted by atomic mass is 16.7. The number of carbonyl (C=O) groups excluding carboxylic acids is 2. The van der Waals surface area contributed by atoms with Gasteiger partial charge in [0, 0.05) is 12.8 Å². The van der Waals surface area contributed by atoms with Crippen molar-refractivity contribution in [1.29, 1.82) is 0 Å². The van der Waals surface area contributed by atoms with Crippen LogP contribution in [0, 0.1) is 0 Å². The largest absolute Gasteiger partial charge is 0.462 e. The molecule has 0 aromatic heterocycles. The Hall–Kier alpha value is -1.50. The normalized spacial score (nSPS) is 28.0. The van der Waals surface area contributed by atoms with Gasteiger partial charge in [-0.2, -0.15) is 0 Å². The van der Waals surface area contributed by atoms with Crippen molar-refractivity contribution in [2.24, 2.45) is 0 Å². The molecule has 0 spiro atoms. The van der Waals surface area contributed by atoms with Crippen LogP contribution in [-0.4, -0.2) is 142 Å². The second kappa shape index (κ2) is 32.2. The third-order valence-corrected chi connectivity index (χ3v) is 11.1. The SMILES string of the molecule is CCCCCCCCCCCCCCCCC(=O)OC(COC(=O)CCCCCCCCCC)COC1OC(COC2OC(CO)C(O)C(O)C2O)C(O)C(O)C1O. The van der Waals surface area contributed by atoms with E-state index < -0.39 is 92.7 Å². The standard InChI is InChI=1S/C43H80O15/c1-3-5-7-9-11-13-14-15-16-17-18-20-22-24-26-35(46)56-31(28-53-34(45)25-23-21-19-12-10-8-6-4-2)29-54-42-41(52)39(50)37(48)33(58-42)30-55-43-40(51)38(49)36(47)32(27-44)57-43/h31-33,36-44,47-52H,3-30H2,1-2H3. The maximum absolute atomic E-state index is 12.9. The van der Waals surface area contributed by atoms with Crippen LogP contribution in [-0.2, 0) is 38.0 Å². The van der Waals surface area contributed by atoms with Gasteiger partial charge < -0.3 is 64.2 Å². The van der Waals surface area contributed by atoms with Crippen molar-refractivity contribution in [2.75, 3.05) is 26.4 Å². The van der Waals surface area contributed by atoms with E-state index in [4.69, 9.17) is 28.4 Å². The van der Waals surface area contributed by atoms with Gasteiger partial charge >= 0.3 is 11.9 Å². The van der Waals surface area contributed by atoms with Gasteiger partial charge in [-0.3, -0.25) is 9.59 Å². The van der Waals surface area contributed by atoms with Gasteiger partial charge in [0.05, 0.1) is 19.8 Å². The van der Waals surface area contributed by atoms with Crippen molar-refractivity contribution in [1.82, 2.24) is 0 Å². The Balaban J connectivity index is 1.85. The third-order valence-electron chi connectivity index (χ3n) is 11.1. The molecule has 2 aliphatic rings. The van der Waals surface area contributed by atoms with Crippen molar-refractivity contribution < 1.29 is 73.8 Å². The first-order chi connectivity index (χ1) is 28.0. The quantitative estimate of drug-likeness (QED) is 0.0350. The summed E-state index contributed by atoms with van der Waals surface area (Å²) in [6, 6.07) is 0. The van der Waals surface area contributed by atoms with Crippen LogP contribution in [0.4, 0.5) is 0 Å². The van der Waals surface area contributed by atoms with Crippen molar-refractivity contribution in [3.05, 3.63) is 0 Å². The Bertz CT molecular complexity index is 1030. The molecule has 2 heterocycles. The molecule has 0 bridgehead atoms. The van der Waals surface area contributed by atoms with Gasteiger partial charge in [0.15, 0.2) is 18.7 Å². The van der Waals surface area contributed by atoms with E-state index in [9.17, 15) is 45.3 Å². The average molecular weight is 837 g/mol. The average Bonchev–Trinajstić information content (AvgIpc) is 3.21. The minimum absolute atomic E-state index is 0.172. The Labute approximate surface area is 347 Å². The molecule has 2 aliphatic heterocycles. The Morgan fingerprint density at radius 1 is 0.483 bits per heavy atom. The number of ether oxygens (including phenoxy) is 6. The van der Waals surface area contributed by atoms with Crippen LogP contribution in [0.15, 0.2) is 0 Å². The molecule has 2 rings (SSSR count). The topological polar surface area (TPSA) is 231 Å². The van der Waals surface area contributed by atoms with Crippen molar-refractivity contribution >= 4 is 11.9 Å². The summed E-state index contributed by atoms with van der Waals surface area (Å²) in [5.41, 5.74) is 0. The molecule has 7 N–H and O–H groups in total. The number of hydrogen-bond acceptors (Lipinski definition) is 15. The zero-order chi connectivity index (χ0) is 42.5. The van der Waals surface area contributed by atoms with E-state index in [0.717, 1.165) is 38.5 Å². The predicted molar refractivity (Wildman–Crippen MR) is 215 cm³/mol. The van der Waals surface area contributed by atoms with Gasteiger partial charge in [0.25, 0.3) is 0 Å². The molecule has 0 amide bonds. The smallest absolute Gasteiger partial charge is 0.306 e. The number of hydrogen-bond donors (Lipinski definition) is 7. The van der Waals surface area contributed by atoms with Crippen LogP contribution in [0.2, 0.25) is 0 Å². The molecule has 0 aliphatic carbocycles. The molecule has 0 saturated carbocycles. The Kier molecular flexibility index (Phi) is 29.3. The number of rotatable bonds is 34. The zero-order valence-electron chi connectivity index (χ0n) is 35.5. The molecule has 11 atom stereocenters. The molecule has 0 aromatic rings. The van der Waals surface area contributed by atoms with E-state index in [1.54, 1.807) is 0 Å². The lowest BCUT2D eigenvalue weighted by Gasteiger charge is -2.42. The molecule has 11 unspecified atom stereocenters. The van der Waals surface area contributed by atoms with E-state index in [1.165, 1.54) is 89.9 Å². The molecule has 15 nitrogen and oxygen atoms in total. The molecule has 2 fully saturated rings. The number of aliphatic hydroxyl groups excluding tert-OH is 7. The van der Waals surface area contributed by atoms with Gasteiger partial charge in [-0.1, -0.05) is 142 Å². The molecular weight excluding hydrogens is 756 g/mol. The van der Waals surface area contributed by atoms with E-state index >= 15 is 0 Å². The summed E-state index contributed by atoms with van der Waals surface area (Å²) in [6.07, 6.45) is 8.78. The van der Waals surface area contributed by atoms with E-state index in [1.807, 2.05) is 0 Å². The first-order valence-electron chi connectivity index (χ1n) is 22.6. The van der Waals surface area contributed by atoms with Gasteiger partial charge in [-0.25, -0.2) is 0 Å². The fourth-order valence-electron chi connectivity index (χ4n) is 7.28. The molecule has 2 saturated heterocycles. The summed E-state index contributed by atoms with van der Waals surface area (Å²) in [5, 5.41) is 71.7. The van der Waals surface area contributed by atoms with Crippen molar-refractivity contribution in [3.8, 4) is 0 Å². The maximum atomic E-state index is 12.9. The first kappa shape index (κ1) is 52.6. The highest BCUT2D eigenvalue weighted by Crippen LogP contribution is 2.26. The molecule has 0 radical (unpaired) electrons. The molecule has 58 heavy (non-hydrogen) atoms. The summed E-state index contributed by atoms with van der Waals surface area (Å²) >= 11 is 0. The lowest BCUT2D eigenvalue weighted by atomic mass is 9.98. The number of carbonyl (C=O) groups is 2. The second-order valence-corrected chi connectivity index (χ2v) is 16.2. The summed E-state index contributed by atoms with van der Waals surface area (Å²) in [6.45, 7) is 2.55. The number of unbranched alkanes of at least 4 members (excludes halogenated alkanes) is 20. The summed E-state index contributed by atoms with van der Waals surface area (Å²) in [4.78, 5) is 25.5. The summed E-state index contributed by atoms with van der Waals surface area (Å²) < 4.78 is 33.4. The molecule has 342 valence electrons. The number of aliphatic hydroxyl groups is 7. The third kappa shape index (κ3) is 21.3. The van der Waals surface area contributed by atoms with Crippen LogP contribution in [0.5, 0.6) is 0 Å². The van der Waals surface area contributed by atoms with Gasteiger partial charge in [-0.15, -0.1) is 0 Å². The molecule has 15 heteroatoms. The highest BCUT2D eigenvalue weighted by Gasteiger charge is 2.47. The fourth-order valence-corrected chi connectivity index (χ4v) is 7.28. The van der Waals surface area contributed by atoms with Crippen LogP contribution in [0.3, 0.4) is 0 Å². The summed E-state index contributed by atoms with van der Waals surface area (Å²) in [7, 11) is 0. The lowest BCUT2D eigenvalue weighted by Crippen LogP contribution is -2.61. The fraction of sp³-hybridized carbons (Fsp3) is 0.953. The number of esters is 2. The van der Waals surface area contributed by atoms with Crippen LogP contribution in [0.1, 0.15) is 168 Å². The van der Waals surface area contributed by atoms with Gasteiger partial charge in [0.2, 0.25) is 0 Å². The van der Waals surface area contributed by atoms with Crippen LogP contribution in [0.25, 0.3) is 0 Å². The minimum Gasteiger partial charge on any atom is -0.462 e. The van der Waals surface area contributed by atoms with Crippen LogP contribution >= 0.6 is 0 Å². The van der Waals surface area contributed by atoms with Gasteiger partial charge in [0.1, 0.15) is 55.4 Å². The summed E-state index contributed by atoms with van der Waals surface area (Å²) in [5.74, 6) is -0.921. The van der Waals surface area contributed by atoms with Crippen molar-refractivity contribution in [2.45, 2.75) is 235 Å². The molecular formula is C43H80O15. The van der Waals surface area contributed by atoms with E-state index in [-0.39, 0.29) is 26.1 Å². The maximum Gasteiger partial charge on any atom is 0.306 e. The highest BCUT2D eigenvalue weighted by molar-refractivity contribution is 5.70. The zero-order valence-corrected chi connectivity index (χ0v) is 35.5. The predicted octanol–water partition coefficient (Wildman–Crippen LogP) is 4.48. The second-order valence-electron chi connectivity index (χ2n) is 16.2. The minimum atomic E-state index is -1.76. The monoisotopic (exact) mass is 837 g/mol. The van der Waals surface area contributed by atoms with Gasteiger partial charge in [-0.05, 0) is 12.8 Å². The lowest BCUT2D eigenvalue weighted by molar-refractivity contribution is -0.332. The Morgan fingerprint density at radius 3 is 1.34 bits per heavy atom. The molecule has 0 aromatic carbocycles.